The smallest absolute Gasteiger partial charge is 0.123 e. The molecule has 0 saturated carbocycles. The van der Waals surface area contributed by atoms with Gasteiger partial charge in [0.1, 0.15) is 11.6 Å². The van der Waals surface area contributed by atoms with Crippen LogP contribution in [0.4, 0.5) is 10.1 Å². The summed E-state index contributed by atoms with van der Waals surface area (Å²) in [4.78, 5) is 6.57. The number of aliphatic imine (C=N–C) groups is 1. The minimum Gasteiger partial charge on any atom is -0.497 e. The standard InChI is InChI=1S/C19H23FN2O/c1-5-22(3)13-21-19-12-18(23-4)11-16(14(19)2)10-15-6-8-17(20)9-7-15/h6-9,11-13H,5,10H2,1-4H3. The van der Waals surface area contributed by atoms with Gasteiger partial charge in [-0.05, 0) is 55.2 Å². The SMILES string of the molecule is CCN(C)C=Nc1cc(OC)cc(Cc2ccc(F)cc2)c1C. The van der Waals surface area contributed by atoms with Gasteiger partial charge in [0.25, 0.3) is 0 Å². The highest BCUT2D eigenvalue weighted by molar-refractivity contribution is 5.65. The molecule has 0 aromatic heterocycles. The van der Waals surface area contributed by atoms with Crippen LogP contribution < -0.4 is 4.74 Å². The van der Waals surface area contributed by atoms with Crippen molar-refractivity contribution in [1.29, 1.82) is 0 Å². The molecule has 122 valence electrons. The van der Waals surface area contributed by atoms with E-state index in [1.165, 1.54) is 12.1 Å². The normalized spacial score (nSPS) is 11.0. The zero-order valence-corrected chi connectivity index (χ0v) is 14.1. The second-order valence-electron chi connectivity index (χ2n) is 5.55. The van der Waals surface area contributed by atoms with Gasteiger partial charge in [-0.15, -0.1) is 0 Å². The second-order valence-corrected chi connectivity index (χ2v) is 5.55. The van der Waals surface area contributed by atoms with E-state index in [1.54, 1.807) is 7.11 Å². The first kappa shape index (κ1) is 17.0. The third-order valence-electron chi connectivity index (χ3n) is 3.90. The average Bonchev–Trinajstić information content (AvgIpc) is 2.57. The van der Waals surface area contributed by atoms with Gasteiger partial charge in [0.15, 0.2) is 0 Å². The molecule has 0 aliphatic heterocycles. The number of methoxy groups -OCH3 is 1. The summed E-state index contributed by atoms with van der Waals surface area (Å²) in [5.41, 5.74) is 4.18. The van der Waals surface area contributed by atoms with Crippen molar-refractivity contribution in [1.82, 2.24) is 4.90 Å². The van der Waals surface area contributed by atoms with Crippen molar-refractivity contribution in [2.45, 2.75) is 20.3 Å². The Balaban J connectivity index is 2.34. The van der Waals surface area contributed by atoms with Gasteiger partial charge in [-0.25, -0.2) is 9.38 Å². The van der Waals surface area contributed by atoms with Crippen LogP contribution in [0, 0.1) is 12.7 Å². The van der Waals surface area contributed by atoms with Crippen molar-refractivity contribution >= 4 is 12.0 Å². The molecular weight excluding hydrogens is 291 g/mol. The number of ether oxygens (including phenoxy) is 1. The Morgan fingerprint density at radius 2 is 1.91 bits per heavy atom. The number of halogens is 1. The zero-order valence-electron chi connectivity index (χ0n) is 14.1. The molecule has 0 fully saturated rings. The maximum Gasteiger partial charge on any atom is 0.123 e. The first-order valence-electron chi connectivity index (χ1n) is 7.70. The van der Waals surface area contributed by atoms with Crippen molar-refractivity contribution in [2.75, 3.05) is 20.7 Å². The van der Waals surface area contributed by atoms with Crippen LogP contribution in [0.3, 0.4) is 0 Å². The van der Waals surface area contributed by atoms with E-state index in [0.29, 0.717) is 0 Å². The molecular formula is C19H23FN2O. The van der Waals surface area contributed by atoms with Crippen LogP contribution >= 0.6 is 0 Å². The van der Waals surface area contributed by atoms with Gasteiger partial charge >= 0.3 is 0 Å². The fraction of sp³-hybridized carbons (Fsp3) is 0.316. The van der Waals surface area contributed by atoms with E-state index < -0.39 is 0 Å². The Labute approximate surface area is 137 Å². The fourth-order valence-electron chi connectivity index (χ4n) is 2.23. The summed E-state index contributed by atoms with van der Waals surface area (Å²) in [5, 5.41) is 0. The Bertz CT molecular complexity index is 681. The van der Waals surface area contributed by atoms with Crippen LogP contribution in [0.15, 0.2) is 41.4 Å². The summed E-state index contributed by atoms with van der Waals surface area (Å²) in [7, 11) is 3.64. The molecule has 0 N–H and O–H groups in total. The Morgan fingerprint density at radius 3 is 2.52 bits per heavy atom. The molecule has 0 atom stereocenters. The highest BCUT2D eigenvalue weighted by Gasteiger charge is 2.08. The van der Waals surface area contributed by atoms with Crippen molar-refractivity contribution in [2.24, 2.45) is 4.99 Å². The van der Waals surface area contributed by atoms with Crippen LogP contribution in [0.1, 0.15) is 23.6 Å². The van der Waals surface area contributed by atoms with Crippen LogP contribution in [-0.2, 0) is 6.42 Å². The van der Waals surface area contributed by atoms with E-state index >= 15 is 0 Å². The summed E-state index contributed by atoms with van der Waals surface area (Å²) in [6, 6.07) is 10.5. The van der Waals surface area contributed by atoms with Gasteiger partial charge < -0.3 is 9.64 Å². The number of nitrogens with zero attached hydrogens (tertiary/aromatic N) is 2. The van der Waals surface area contributed by atoms with E-state index in [0.717, 1.165) is 41.1 Å². The van der Waals surface area contributed by atoms with E-state index in [-0.39, 0.29) is 5.82 Å². The van der Waals surface area contributed by atoms with Crippen LogP contribution in [0.2, 0.25) is 0 Å². The summed E-state index contributed by atoms with van der Waals surface area (Å²) in [6.07, 6.45) is 2.54. The molecule has 0 amide bonds. The molecule has 0 bridgehead atoms. The molecule has 0 radical (unpaired) electrons. The van der Waals surface area contributed by atoms with E-state index in [9.17, 15) is 4.39 Å². The third-order valence-corrected chi connectivity index (χ3v) is 3.90. The van der Waals surface area contributed by atoms with Crippen molar-refractivity contribution in [3.05, 3.63) is 58.9 Å². The number of benzene rings is 2. The summed E-state index contributed by atoms with van der Waals surface area (Å²) in [6.45, 7) is 5.02. The molecule has 0 unspecified atom stereocenters. The molecule has 0 spiro atoms. The number of hydrogen-bond acceptors (Lipinski definition) is 2. The summed E-state index contributed by atoms with van der Waals surface area (Å²) >= 11 is 0. The fourth-order valence-corrected chi connectivity index (χ4v) is 2.23. The van der Waals surface area contributed by atoms with Crippen molar-refractivity contribution in [3.8, 4) is 5.75 Å². The molecule has 3 nitrogen and oxygen atoms in total. The molecule has 2 aromatic rings. The van der Waals surface area contributed by atoms with Gasteiger partial charge in [-0.3, -0.25) is 0 Å². The number of hydrogen-bond donors (Lipinski definition) is 0. The minimum atomic E-state index is -0.219. The lowest BCUT2D eigenvalue weighted by atomic mass is 9.99. The Kier molecular flexibility index (Phi) is 5.74. The lowest BCUT2D eigenvalue weighted by Gasteiger charge is -2.13. The van der Waals surface area contributed by atoms with Gasteiger partial charge in [-0.1, -0.05) is 12.1 Å². The Morgan fingerprint density at radius 1 is 1.22 bits per heavy atom. The number of rotatable bonds is 6. The maximum absolute atomic E-state index is 13.1. The first-order chi connectivity index (χ1) is 11.0. The van der Waals surface area contributed by atoms with E-state index in [4.69, 9.17) is 4.74 Å². The Hall–Kier alpha value is -2.36. The van der Waals surface area contributed by atoms with Crippen molar-refractivity contribution in [3.63, 3.8) is 0 Å². The van der Waals surface area contributed by atoms with E-state index in [1.807, 2.05) is 42.6 Å². The van der Waals surface area contributed by atoms with Crippen LogP contribution in [0.25, 0.3) is 0 Å². The molecule has 4 heteroatoms. The molecule has 2 aromatic carbocycles. The molecule has 0 aliphatic carbocycles. The first-order valence-corrected chi connectivity index (χ1v) is 7.70. The topological polar surface area (TPSA) is 24.8 Å². The highest BCUT2D eigenvalue weighted by atomic mass is 19.1. The van der Waals surface area contributed by atoms with Gasteiger partial charge in [0.2, 0.25) is 0 Å². The lowest BCUT2D eigenvalue weighted by molar-refractivity contribution is 0.414. The van der Waals surface area contributed by atoms with E-state index in [2.05, 4.69) is 18.8 Å². The zero-order chi connectivity index (χ0) is 16.8. The molecule has 23 heavy (non-hydrogen) atoms. The van der Waals surface area contributed by atoms with Crippen molar-refractivity contribution < 1.29 is 9.13 Å². The monoisotopic (exact) mass is 314 g/mol. The highest BCUT2D eigenvalue weighted by Crippen LogP contribution is 2.30. The van der Waals surface area contributed by atoms with Gasteiger partial charge in [0.05, 0.1) is 19.1 Å². The predicted molar refractivity (Wildman–Crippen MR) is 93.4 cm³/mol. The summed E-state index contributed by atoms with van der Waals surface area (Å²) in [5.74, 6) is 0.558. The second kappa shape index (κ2) is 7.77. The summed E-state index contributed by atoms with van der Waals surface area (Å²) < 4.78 is 18.4. The maximum atomic E-state index is 13.1. The van der Waals surface area contributed by atoms with Crippen LogP contribution in [-0.4, -0.2) is 31.9 Å². The largest absolute Gasteiger partial charge is 0.497 e. The third kappa shape index (κ3) is 4.55. The predicted octanol–water partition coefficient (Wildman–Crippen LogP) is 4.35. The van der Waals surface area contributed by atoms with Crippen LogP contribution in [0.5, 0.6) is 5.75 Å². The quantitative estimate of drug-likeness (QED) is 0.585. The van der Waals surface area contributed by atoms with Gasteiger partial charge in [0, 0.05) is 19.7 Å². The van der Waals surface area contributed by atoms with Gasteiger partial charge in [-0.2, -0.15) is 0 Å². The minimum absolute atomic E-state index is 0.219. The lowest BCUT2D eigenvalue weighted by Crippen LogP contribution is -2.14. The molecule has 0 aliphatic rings. The molecule has 0 heterocycles. The average molecular weight is 314 g/mol. The molecule has 0 saturated heterocycles. The molecule has 2 rings (SSSR count).